The highest BCUT2D eigenvalue weighted by atomic mass is 16.5. The summed E-state index contributed by atoms with van der Waals surface area (Å²) in [5, 5.41) is 20.1. The first-order valence-electron chi connectivity index (χ1n) is 22.6. The second kappa shape index (κ2) is 17.7. The standard InChI is InChI=1S/C49H63N7O7/c1-9-55-40-15-14-30-22-34(40)35(44(55)33-12-10-16-51-42(33)28(4)62-8)23-49(5,6)26-63-48(61)38-13-11-17-56(53-38)46(59)39(20-29-18-31(30)21-32(57)19-29)52-45(58)43(27(2)3)54(7)47(60)41-36-24-50-25-37(36)41/h10,12,14-16,18-19,21-22,27-28,36-39,41,43,50,53,57H,9,11,13,17,20,23-26H2,1-8H3,(H,52,58)/t28-,36-,37+,38-,39-,41-,43-/m0/s1. The van der Waals surface area contributed by atoms with E-state index in [0.717, 1.165) is 57.6 Å². The Kier molecular flexibility index (Phi) is 12.4. The average Bonchev–Trinajstić information content (AvgIpc) is 3.57. The van der Waals surface area contributed by atoms with Crippen LogP contribution in [0.1, 0.15) is 77.3 Å². The number of esters is 1. The first kappa shape index (κ1) is 44.3. The van der Waals surface area contributed by atoms with Gasteiger partial charge in [0.2, 0.25) is 11.8 Å². The van der Waals surface area contributed by atoms with Crippen LogP contribution in [-0.2, 0) is 48.0 Å². The number of piperidine rings is 1. The fraction of sp³-hybridized carbons (Fsp3) is 0.531. The topological polar surface area (TPSA) is 167 Å². The van der Waals surface area contributed by atoms with Gasteiger partial charge in [0.15, 0.2) is 0 Å². The van der Waals surface area contributed by atoms with Crippen LogP contribution in [0.4, 0.5) is 0 Å². The molecule has 4 aromatic rings. The zero-order chi connectivity index (χ0) is 44.9. The monoisotopic (exact) mass is 861 g/mol. The molecule has 0 radical (unpaired) electrons. The third kappa shape index (κ3) is 8.69. The predicted molar refractivity (Wildman–Crippen MR) is 240 cm³/mol. The van der Waals surface area contributed by atoms with Gasteiger partial charge >= 0.3 is 5.97 Å². The van der Waals surface area contributed by atoms with E-state index >= 15 is 0 Å². The largest absolute Gasteiger partial charge is 0.508 e. The van der Waals surface area contributed by atoms with Gasteiger partial charge in [-0.25, -0.2) is 5.43 Å². The number of fused-ring (bicyclic) bond motifs is 7. The van der Waals surface area contributed by atoms with E-state index in [1.807, 2.05) is 39.0 Å². The highest BCUT2D eigenvalue weighted by Crippen LogP contribution is 2.50. The molecule has 1 aliphatic carbocycles. The van der Waals surface area contributed by atoms with Gasteiger partial charge < -0.3 is 34.7 Å². The molecule has 4 aliphatic rings. The predicted octanol–water partition coefficient (Wildman–Crippen LogP) is 5.40. The van der Waals surface area contributed by atoms with Gasteiger partial charge in [0.1, 0.15) is 23.9 Å². The maximum atomic E-state index is 14.7. The summed E-state index contributed by atoms with van der Waals surface area (Å²) in [7, 11) is 3.36. The minimum atomic E-state index is -1.10. The molecule has 5 heterocycles. The number of carbonyl (C=O) groups is 4. The lowest BCUT2D eigenvalue weighted by Crippen LogP contribution is -2.62. The van der Waals surface area contributed by atoms with Crippen molar-refractivity contribution in [1.82, 2.24) is 35.5 Å². The normalized spacial score (nSPS) is 24.3. The molecule has 1 saturated carbocycles. The molecule has 8 rings (SSSR count). The molecule has 2 aromatic carbocycles. The van der Waals surface area contributed by atoms with Crippen molar-refractivity contribution in [2.75, 3.05) is 40.4 Å². The third-order valence-corrected chi connectivity index (χ3v) is 13.7. The van der Waals surface area contributed by atoms with Crippen molar-refractivity contribution in [2.24, 2.45) is 29.1 Å². The number of phenols is 1. The first-order valence-corrected chi connectivity index (χ1v) is 22.6. The molecule has 3 aliphatic heterocycles. The van der Waals surface area contributed by atoms with Crippen molar-refractivity contribution in [3.05, 3.63) is 71.5 Å². The number of nitrogens with zero attached hydrogens (tertiary/aromatic N) is 4. The van der Waals surface area contributed by atoms with Gasteiger partial charge in [0.05, 0.1) is 24.1 Å². The van der Waals surface area contributed by atoms with Gasteiger partial charge in [-0.3, -0.25) is 29.2 Å². The lowest BCUT2D eigenvalue weighted by molar-refractivity contribution is -0.155. The van der Waals surface area contributed by atoms with Crippen LogP contribution in [-0.4, -0.2) is 107 Å². The number of hydrogen-bond donors (Lipinski definition) is 4. The average molecular weight is 862 g/mol. The SMILES string of the molecule is CCn1c(-c2cccnc2[C@H](C)OC)c2c3cc(ccc31)-c1cc(O)cc(c1)C[C@H](NC(=O)[C@H](C(C)C)N(C)C(=O)[C@@H]1[C@@H]3CNC[C@@H]31)C(=O)N1CCC[C@H](N1)C(=O)OCC(C)(C)C2. The van der Waals surface area contributed by atoms with Crippen molar-refractivity contribution in [2.45, 2.75) is 98.0 Å². The van der Waals surface area contributed by atoms with Gasteiger partial charge in [-0.05, 0) is 123 Å². The molecule has 3 fully saturated rings. The molecule has 2 saturated heterocycles. The zero-order valence-corrected chi connectivity index (χ0v) is 37.9. The quantitative estimate of drug-likeness (QED) is 0.160. The molecule has 336 valence electrons. The molecule has 14 heteroatoms. The van der Waals surface area contributed by atoms with E-state index in [1.165, 1.54) is 5.01 Å². The Balaban J connectivity index is 1.22. The van der Waals surface area contributed by atoms with Gasteiger partial charge in [-0.15, -0.1) is 0 Å². The number of carbonyl (C=O) groups excluding carboxylic acids is 4. The summed E-state index contributed by atoms with van der Waals surface area (Å²) in [5.41, 5.74) is 9.76. The number of aromatic nitrogens is 2. The van der Waals surface area contributed by atoms with E-state index in [4.69, 9.17) is 14.5 Å². The van der Waals surface area contributed by atoms with Crippen LogP contribution in [0.3, 0.4) is 0 Å². The summed E-state index contributed by atoms with van der Waals surface area (Å²) in [6.07, 6.45) is 3.12. The Morgan fingerprint density at radius 1 is 1.08 bits per heavy atom. The lowest BCUT2D eigenvalue weighted by Gasteiger charge is -2.37. The molecule has 14 nitrogen and oxygen atoms in total. The number of hydrazine groups is 1. The zero-order valence-electron chi connectivity index (χ0n) is 37.9. The fourth-order valence-corrected chi connectivity index (χ4v) is 10.4. The Morgan fingerprint density at radius 3 is 2.56 bits per heavy atom. The van der Waals surface area contributed by atoms with Gasteiger partial charge in [-0.1, -0.05) is 39.8 Å². The number of cyclic esters (lactones) is 1. The number of methoxy groups -OCH3 is 1. The maximum absolute atomic E-state index is 14.7. The van der Waals surface area contributed by atoms with Gasteiger partial charge in [0, 0.05) is 67.7 Å². The number of amides is 3. The second-order valence-electron chi connectivity index (χ2n) is 19.2. The minimum Gasteiger partial charge on any atom is -0.508 e. The van der Waals surface area contributed by atoms with Crippen LogP contribution in [0.5, 0.6) is 5.75 Å². The summed E-state index contributed by atoms with van der Waals surface area (Å²) in [4.78, 5) is 63.1. The Hall–Kier alpha value is -5.31. The van der Waals surface area contributed by atoms with Crippen molar-refractivity contribution < 1.29 is 33.8 Å². The molecule has 3 amide bonds. The molecule has 4 N–H and O–H groups in total. The maximum Gasteiger partial charge on any atom is 0.324 e. The number of aryl methyl sites for hydroxylation is 1. The number of benzene rings is 2. The van der Waals surface area contributed by atoms with Crippen molar-refractivity contribution in [3.8, 4) is 28.1 Å². The van der Waals surface area contributed by atoms with Crippen LogP contribution < -0.4 is 16.1 Å². The van der Waals surface area contributed by atoms with Gasteiger partial charge in [-0.2, -0.15) is 0 Å². The van der Waals surface area contributed by atoms with Gasteiger partial charge in [0.25, 0.3) is 5.91 Å². The first-order chi connectivity index (χ1) is 30.1. The van der Waals surface area contributed by atoms with E-state index in [0.29, 0.717) is 37.9 Å². The summed E-state index contributed by atoms with van der Waals surface area (Å²) in [5.74, 6) is -1.14. The molecular weight excluding hydrogens is 799 g/mol. The lowest BCUT2D eigenvalue weighted by atomic mass is 9.84. The number of ether oxygens (including phenoxy) is 2. The number of rotatable bonds is 9. The van der Waals surface area contributed by atoms with E-state index in [9.17, 15) is 24.3 Å². The van der Waals surface area contributed by atoms with E-state index in [1.54, 1.807) is 37.4 Å². The summed E-state index contributed by atoms with van der Waals surface area (Å²) < 4.78 is 14.2. The Bertz CT molecular complexity index is 2400. The molecule has 63 heavy (non-hydrogen) atoms. The van der Waals surface area contributed by atoms with Crippen LogP contribution >= 0.6 is 0 Å². The third-order valence-electron chi connectivity index (χ3n) is 13.7. The molecule has 7 atom stereocenters. The highest BCUT2D eigenvalue weighted by molar-refractivity contribution is 5.96. The number of phenolic OH excluding ortho intramolecular Hbond substituents is 1. The number of likely N-dealkylation sites (N-methyl/N-ethyl adjacent to an activating group) is 1. The van der Waals surface area contributed by atoms with Crippen LogP contribution in [0.15, 0.2) is 54.7 Å². The Morgan fingerprint density at radius 2 is 1.84 bits per heavy atom. The molecule has 0 spiro atoms. The van der Waals surface area contributed by atoms with E-state index < -0.39 is 41.3 Å². The fourth-order valence-electron chi connectivity index (χ4n) is 10.4. The van der Waals surface area contributed by atoms with Crippen LogP contribution in [0.2, 0.25) is 0 Å². The minimum absolute atomic E-state index is 0.0185. The second-order valence-corrected chi connectivity index (χ2v) is 19.2. The molecular formula is C49H63N7O7. The molecule has 2 aromatic heterocycles. The summed E-state index contributed by atoms with van der Waals surface area (Å²) in [6.45, 7) is 14.8. The Labute approximate surface area is 370 Å². The summed E-state index contributed by atoms with van der Waals surface area (Å²) >= 11 is 0. The molecule has 6 bridgehead atoms. The van der Waals surface area contributed by atoms with Crippen molar-refractivity contribution >= 4 is 34.6 Å². The van der Waals surface area contributed by atoms with Crippen molar-refractivity contribution in [1.29, 1.82) is 0 Å². The highest BCUT2D eigenvalue weighted by Gasteiger charge is 2.58. The smallest absolute Gasteiger partial charge is 0.324 e. The van der Waals surface area contributed by atoms with Crippen LogP contribution in [0, 0.1) is 29.1 Å². The summed E-state index contributed by atoms with van der Waals surface area (Å²) in [6, 6.07) is 12.9. The number of aromatic hydroxyl groups is 1. The number of nitrogens with one attached hydrogen (secondary N) is 3. The number of pyridine rings is 1. The van der Waals surface area contributed by atoms with Crippen LogP contribution in [0.25, 0.3) is 33.3 Å². The number of hydrogen-bond acceptors (Lipinski definition) is 10. The van der Waals surface area contributed by atoms with Crippen molar-refractivity contribution in [3.63, 3.8) is 0 Å². The molecule has 0 unspecified atom stereocenters. The van der Waals surface area contributed by atoms with E-state index in [2.05, 4.69) is 59.6 Å². The van der Waals surface area contributed by atoms with E-state index in [-0.39, 0.29) is 54.5 Å².